The number of nitrogens with one attached hydrogen (secondary N) is 2. The standard InChI is InChI=1S/C24H25F4N3O3/c1-13(2)23(24(34)29-15-6-8-17(25)19(27)10-15)30-20(32)11-16-7-9-21(33)31(16)12-14-4-3-5-18(26)22(14)28/h3-6,8,10,13,16,23H,7,9,11-12H2,1-2H3,(H,29,34)(H,30,32)/t16-,23?/m0/s1. The highest BCUT2D eigenvalue weighted by atomic mass is 19.2. The van der Waals surface area contributed by atoms with Gasteiger partial charge in [0.2, 0.25) is 17.7 Å². The Bertz CT molecular complexity index is 1090. The molecule has 0 bridgehead atoms. The fourth-order valence-electron chi connectivity index (χ4n) is 3.85. The molecule has 3 rings (SSSR count). The zero-order valence-electron chi connectivity index (χ0n) is 18.7. The van der Waals surface area contributed by atoms with E-state index >= 15 is 0 Å². The minimum Gasteiger partial charge on any atom is -0.344 e. The molecule has 2 aromatic carbocycles. The Hall–Kier alpha value is -3.43. The van der Waals surface area contributed by atoms with Crippen molar-refractivity contribution in [3.05, 3.63) is 65.2 Å². The summed E-state index contributed by atoms with van der Waals surface area (Å²) in [4.78, 5) is 39.0. The van der Waals surface area contributed by atoms with E-state index < -0.39 is 47.2 Å². The molecular formula is C24H25F4N3O3. The van der Waals surface area contributed by atoms with Gasteiger partial charge in [-0.3, -0.25) is 14.4 Å². The molecule has 3 amide bonds. The Morgan fingerprint density at radius 2 is 1.79 bits per heavy atom. The minimum absolute atomic E-state index is 0.00613. The topological polar surface area (TPSA) is 78.5 Å². The van der Waals surface area contributed by atoms with Crippen molar-refractivity contribution in [1.29, 1.82) is 0 Å². The zero-order chi connectivity index (χ0) is 25.0. The zero-order valence-corrected chi connectivity index (χ0v) is 18.7. The summed E-state index contributed by atoms with van der Waals surface area (Å²) in [5, 5.41) is 5.07. The van der Waals surface area contributed by atoms with Gasteiger partial charge >= 0.3 is 0 Å². The third-order valence-corrected chi connectivity index (χ3v) is 5.70. The van der Waals surface area contributed by atoms with Crippen LogP contribution in [0.5, 0.6) is 0 Å². The van der Waals surface area contributed by atoms with E-state index in [0.29, 0.717) is 6.42 Å². The van der Waals surface area contributed by atoms with E-state index in [-0.39, 0.29) is 42.5 Å². The fourth-order valence-corrected chi connectivity index (χ4v) is 3.85. The number of carbonyl (C=O) groups excluding carboxylic acids is 3. The summed E-state index contributed by atoms with van der Waals surface area (Å²) in [7, 11) is 0. The van der Waals surface area contributed by atoms with Crippen molar-refractivity contribution in [2.24, 2.45) is 5.92 Å². The van der Waals surface area contributed by atoms with Gasteiger partial charge in [0.15, 0.2) is 23.3 Å². The molecule has 1 unspecified atom stereocenters. The molecule has 1 fully saturated rings. The summed E-state index contributed by atoms with van der Waals surface area (Å²) in [5.41, 5.74) is 0.0418. The lowest BCUT2D eigenvalue weighted by atomic mass is 10.0. The van der Waals surface area contributed by atoms with Gasteiger partial charge < -0.3 is 15.5 Å². The van der Waals surface area contributed by atoms with Crippen molar-refractivity contribution in [3.63, 3.8) is 0 Å². The molecule has 6 nitrogen and oxygen atoms in total. The highest BCUT2D eigenvalue weighted by Crippen LogP contribution is 2.25. The Kier molecular flexibility index (Phi) is 7.90. The number of hydrogen-bond acceptors (Lipinski definition) is 3. The normalized spacial score (nSPS) is 16.6. The van der Waals surface area contributed by atoms with Crippen molar-refractivity contribution in [2.45, 2.75) is 51.7 Å². The first-order chi connectivity index (χ1) is 16.1. The van der Waals surface area contributed by atoms with Crippen LogP contribution >= 0.6 is 0 Å². The van der Waals surface area contributed by atoms with E-state index in [1.54, 1.807) is 13.8 Å². The van der Waals surface area contributed by atoms with Crippen molar-refractivity contribution in [1.82, 2.24) is 10.2 Å². The fraction of sp³-hybridized carbons (Fsp3) is 0.375. The predicted octanol–water partition coefficient (Wildman–Crippen LogP) is 3.90. The number of likely N-dealkylation sites (tertiary alicyclic amines) is 1. The van der Waals surface area contributed by atoms with Crippen LogP contribution in [0.4, 0.5) is 23.2 Å². The lowest BCUT2D eigenvalue weighted by Crippen LogP contribution is -2.48. The number of nitrogens with zero attached hydrogens (tertiary/aromatic N) is 1. The van der Waals surface area contributed by atoms with Gasteiger partial charge in [-0.15, -0.1) is 0 Å². The van der Waals surface area contributed by atoms with Crippen molar-refractivity contribution in [3.8, 4) is 0 Å². The molecular weight excluding hydrogens is 454 g/mol. The lowest BCUT2D eigenvalue weighted by Gasteiger charge is -2.27. The molecule has 2 N–H and O–H groups in total. The van der Waals surface area contributed by atoms with Gasteiger partial charge in [0.25, 0.3) is 0 Å². The van der Waals surface area contributed by atoms with Gasteiger partial charge in [0.05, 0.1) is 0 Å². The summed E-state index contributed by atoms with van der Waals surface area (Å²) in [5.74, 6) is -5.98. The van der Waals surface area contributed by atoms with Crippen LogP contribution in [0, 0.1) is 29.2 Å². The molecule has 0 aliphatic carbocycles. The largest absolute Gasteiger partial charge is 0.344 e. The highest BCUT2D eigenvalue weighted by molar-refractivity contribution is 5.97. The van der Waals surface area contributed by atoms with Crippen LogP contribution in [0.2, 0.25) is 0 Å². The summed E-state index contributed by atoms with van der Waals surface area (Å²) in [6.07, 6.45) is 0.389. The molecule has 0 spiro atoms. The van der Waals surface area contributed by atoms with Crippen molar-refractivity contribution < 1.29 is 31.9 Å². The first kappa shape index (κ1) is 25.2. The first-order valence-corrected chi connectivity index (χ1v) is 10.8. The summed E-state index contributed by atoms with van der Waals surface area (Å²) >= 11 is 0. The van der Waals surface area contributed by atoms with Crippen LogP contribution in [-0.2, 0) is 20.9 Å². The van der Waals surface area contributed by atoms with Gasteiger partial charge in [-0.2, -0.15) is 0 Å². The predicted molar refractivity (Wildman–Crippen MR) is 116 cm³/mol. The monoisotopic (exact) mass is 479 g/mol. The second-order valence-electron chi connectivity index (χ2n) is 8.54. The lowest BCUT2D eigenvalue weighted by molar-refractivity contribution is -0.131. The van der Waals surface area contributed by atoms with Gasteiger partial charge in [-0.05, 0) is 30.5 Å². The molecule has 0 radical (unpaired) electrons. The van der Waals surface area contributed by atoms with Gasteiger partial charge in [0.1, 0.15) is 6.04 Å². The van der Waals surface area contributed by atoms with E-state index in [1.165, 1.54) is 23.1 Å². The van der Waals surface area contributed by atoms with E-state index in [4.69, 9.17) is 0 Å². The molecule has 2 aromatic rings. The Morgan fingerprint density at radius 3 is 2.47 bits per heavy atom. The van der Waals surface area contributed by atoms with Crippen LogP contribution < -0.4 is 10.6 Å². The van der Waals surface area contributed by atoms with E-state index in [0.717, 1.165) is 18.2 Å². The first-order valence-electron chi connectivity index (χ1n) is 10.8. The summed E-state index contributed by atoms with van der Waals surface area (Å²) in [6.45, 7) is 3.23. The van der Waals surface area contributed by atoms with Crippen LogP contribution in [0.15, 0.2) is 36.4 Å². The van der Waals surface area contributed by atoms with Gasteiger partial charge in [-0.25, -0.2) is 17.6 Å². The molecule has 1 heterocycles. The molecule has 1 aliphatic heterocycles. The molecule has 1 saturated heterocycles. The molecule has 0 aromatic heterocycles. The molecule has 182 valence electrons. The maximum atomic E-state index is 14.1. The number of halogens is 4. The molecule has 2 atom stereocenters. The summed E-state index contributed by atoms with van der Waals surface area (Å²) < 4.78 is 54.1. The number of carbonyl (C=O) groups is 3. The van der Waals surface area contributed by atoms with Crippen LogP contribution in [0.1, 0.15) is 38.7 Å². The number of hydrogen-bond donors (Lipinski definition) is 2. The minimum atomic E-state index is -1.12. The Balaban J connectivity index is 1.65. The summed E-state index contributed by atoms with van der Waals surface area (Å²) in [6, 6.07) is 5.08. The Labute approximate surface area is 194 Å². The molecule has 10 heteroatoms. The SMILES string of the molecule is CC(C)C(NC(=O)C[C@@H]1CCC(=O)N1Cc1cccc(F)c1F)C(=O)Nc1ccc(F)c(F)c1. The van der Waals surface area contributed by atoms with E-state index in [1.807, 2.05) is 0 Å². The maximum absolute atomic E-state index is 14.1. The molecule has 0 saturated carbocycles. The second kappa shape index (κ2) is 10.7. The van der Waals surface area contributed by atoms with E-state index in [2.05, 4.69) is 10.6 Å². The van der Waals surface area contributed by atoms with Crippen LogP contribution in [0.25, 0.3) is 0 Å². The van der Waals surface area contributed by atoms with Gasteiger partial charge in [0, 0.05) is 42.7 Å². The molecule has 34 heavy (non-hydrogen) atoms. The maximum Gasteiger partial charge on any atom is 0.247 e. The average molecular weight is 479 g/mol. The van der Waals surface area contributed by atoms with Gasteiger partial charge in [-0.1, -0.05) is 26.0 Å². The number of anilines is 1. The smallest absolute Gasteiger partial charge is 0.247 e. The second-order valence-corrected chi connectivity index (χ2v) is 8.54. The number of benzene rings is 2. The van der Waals surface area contributed by atoms with Crippen molar-refractivity contribution in [2.75, 3.05) is 5.32 Å². The Morgan fingerprint density at radius 1 is 1.06 bits per heavy atom. The highest BCUT2D eigenvalue weighted by Gasteiger charge is 2.34. The number of rotatable bonds is 8. The molecule has 1 aliphatic rings. The third-order valence-electron chi connectivity index (χ3n) is 5.70. The average Bonchev–Trinajstić information content (AvgIpc) is 3.11. The quantitative estimate of drug-likeness (QED) is 0.564. The van der Waals surface area contributed by atoms with Crippen LogP contribution in [-0.4, -0.2) is 34.7 Å². The van der Waals surface area contributed by atoms with Crippen molar-refractivity contribution >= 4 is 23.4 Å². The third kappa shape index (κ3) is 5.92. The van der Waals surface area contributed by atoms with Crippen LogP contribution in [0.3, 0.4) is 0 Å². The number of amides is 3. The van der Waals surface area contributed by atoms with E-state index in [9.17, 15) is 31.9 Å².